The molecule has 1 fully saturated rings. The highest BCUT2D eigenvalue weighted by atomic mass is 32.2. The standard InChI is InChI=1S/C22H33N3O2S/c1-16-9-21(3,4)14-22(10-16,15-26)24-12-20(27)25-18-7-5-6-8-19(18)28-13-17(2)11-23/h5-8,16-17,24,26H,9-10,12-15H2,1-4H3,(H,25,27)/t16-,17-,22-/m1/s1. The number of amides is 1. The molecule has 1 aromatic rings. The number of nitrogens with one attached hydrogen (secondary N) is 2. The molecule has 2 rings (SSSR count). The van der Waals surface area contributed by atoms with Gasteiger partial charge in [-0.1, -0.05) is 32.9 Å². The third kappa shape index (κ3) is 6.51. The normalized spacial score (nSPS) is 24.9. The molecule has 1 aromatic carbocycles. The van der Waals surface area contributed by atoms with E-state index in [1.807, 2.05) is 31.2 Å². The number of para-hydroxylation sites is 1. The number of aliphatic hydroxyl groups excluding tert-OH is 1. The maximum atomic E-state index is 12.6. The van der Waals surface area contributed by atoms with Crippen LogP contribution in [0.25, 0.3) is 0 Å². The number of hydrogen-bond acceptors (Lipinski definition) is 5. The molecular formula is C22H33N3O2S. The van der Waals surface area contributed by atoms with Gasteiger partial charge < -0.3 is 15.7 Å². The van der Waals surface area contributed by atoms with E-state index in [4.69, 9.17) is 5.26 Å². The Hall–Kier alpha value is -1.55. The summed E-state index contributed by atoms with van der Waals surface area (Å²) in [7, 11) is 0. The van der Waals surface area contributed by atoms with Gasteiger partial charge >= 0.3 is 0 Å². The number of rotatable bonds is 8. The Balaban J connectivity index is 1.98. The third-order valence-corrected chi connectivity index (χ3v) is 6.59. The molecule has 1 aliphatic carbocycles. The molecule has 6 heteroatoms. The quantitative estimate of drug-likeness (QED) is 0.570. The number of nitriles is 1. The lowest BCUT2D eigenvalue weighted by molar-refractivity contribution is -0.116. The summed E-state index contributed by atoms with van der Waals surface area (Å²) in [6.07, 6.45) is 2.86. The van der Waals surface area contributed by atoms with E-state index in [9.17, 15) is 9.90 Å². The lowest BCUT2D eigenvalue weighted by Gasteiger charge is -2.47. The van der Waals surface area contributed by atoms with Crippen molar-refractivity contribution >= 4 is 23.4 Å². The average Bonchev–Trinajstić information content (AvgIpc) is 2.64. The van der Waals surface area contributed by atoms with Crippen LogP contribution in [0.3, 0.4) is 0 Å². The Bertz CT molecular complexity index is 716. The SMILES string of the molecule is C[C@@H]1CC(C)(C)C[C@](CO)(NCC(=O)Nc2ccccc2SC[C@H](C)C#N)C1. The van der Waals surface area contributed by atoms with Crippen molar-refractivity contribution in [2.24, 2.45) is 17.3 Å². The molecule has 0 unspecified atom stereocenters. The van der Waals surface area contributed by atoms with Crippen molar-refractivity contribution in [3.05, 3.63) is 24.3 Å². The van der Waals surface area contributed by atoms with Gasteiger partial charge in [-0.05, 0) is 49.7 Å². The van der Waals surface area contributed by atoms with Gasteiger partial charge in [0.05, 0.1) is 30.8 Å². The van der Waals surface area contributed by atoms with Crippen LogP contribution < -0.4 is 10.6 Å². The average molecular weight is 404 g/mol. The summed E-state index contributed by atoms with van der Waals surface area (Å²) in [5.74, 6) is 1.02. The van der Waals surface area contributed by atoms with Crippen LogP contribution in [0.4, 0.5) is 5.69 Å². The maximum absolute atomic E-state index is 12.6. The highest BCUT2D eigenvalue weighted by Crippen LogP contribution is 2.43. The summed E-state index contributed by atoms with van der Waals surface area (Å²) in [6, 6.07) is 9.89. The van der Waals surface area contributed by atoms with E-state index < -0.39 is 5.54 Å². The molecule has 0 heterocycles. The molecule has 0 aliphatic heterocycles. The first-order chi connectivity index (χ1) is 13.2. The molecule has 0 spiro atoms. The van der Waals surface area contributed by atoms with Crippen LogP contribution in [0, 0.1) is 28.6 Å². The molecule has 3 atom stereocenters. The first kappa shape index (κ1) is 22.7. The zero-order valence-electron chi connectivity index (χ0n) is 17.4. The smallest absolute Gasteiger partial charge is 0.238 e. The number of aliphatic hydroxyl groups is 1. The molecular weight excluding hydrogens is 370 g/mol. The molecule has 3 N–H and O–H groups in total. The zero-order chi connectivity index (χ0) is 20.8. The summed E-state index contributed by atoms with van der Waals surface area (Å²) in [5, 5.41) is 25.4. The van der Waals surface area contributed by atoms with Crippen LogP contribution in [0.15, 0.2) is 29.2 Å². The predicted molar refractivity (Wildman–Crippen MR) is 115 cm³/mol. The van der Waals surface area contributed by atoms with E-state index in [1.165, 1.54) is 0 Å². The van der Waals surface area contributed by atoms with Crippen LogP contribution in [-0.4, -0.2) is 35.5 Å². The molecule has 0 aromatic heterocycles. The zero-order valence-corrected chi connectivity index (χ0v) is 18.2. The van der Waals surface area contributed by atoms with Gasteiger partial charge in [0, 0.05) is 16.2 Å². The van der Waals surface area contributed by atoms with E-state index in [0.717, 1.165) is 29.8 Å². The van der Waals surface area contributed by atoms with Gasteiger partial charge in [-0.2, -0.15) is 5.26 Å². The topological polar surface area (TPSA) is 85.2 Å². The monoisotopic (exact) mass is 403 g/mol. The second kappa shape index (κ2) is 9.78. The van der Waals surface area contributed by atoms with Gasteiger partial charge in [-0.25, -0.2) is 0 Å². The highest BCUT2D eigenvalue weighted by molar-refractivity contribution is 7.99. The van der Waals surface area contributed by atoms with Crippen molar-refractivity contribution in [1.29, 1.82) is 5.26 Å². The number of nitrogens with zero attached hydrogens (tertiary/aromatic N) is 1. The molecule has 28 heavy (non-hydrogen) atoms. The molecule has 1 aliphatic rings. The van der Waals surface area contributed by atoms with Crippen molar-refractivity contribution in [3.8, 4) is 6.07 Å². The Labute approximate surface area is 173 Å². The Morgan fingerprint density at radius 3 is 2.75 bits per heavy atom. The molecule has 1 amide bonds. The lowest BCUT2D eigenvalue weighted by Crippen LogP contribution is -2.56. The Morgan fingerprint density at radius 1 is 1.39 bits per heavy atom. The third-order valence-electron chi connectivity index (χ3n) is 5.25. The molecule has 0 radical (unpaired) electrons. The summed E-state index contributed by atoms with van der Waals surface area (Å²) in [4.78, 5) is 13.5. The summed E-state index contributed by atoms with van der Waals surface area (Å²) < 4.78 is 0. The largest absolute Gasteiger partial charge is 0.394 e. The van der Waals surface area contributed by atoms with Gasteiger partial charge in [0.2, 0.25) is 5.91 Å². The van der Waals surface area contributed by atoms with Gasteiger partial charge in [0.1, 0.15) is 0 Å². The van der Waals surface area contributed by atoms with Gasteiger partial charge in [0.15, 0.2) is 0 Å². The number of anilines is 1. The maximum Gasteiger partial charge on any atom is 0.238 e. The summed E-state index contributed by atoms with van der Waals surface area (Å²) in [5.41, 5.74) is 0.499. The van der Waals surface area contributed by atoms with E-state index in [1.54, 1.807) is 11.8 Å². The number of carbonyl (C=O) groups excluding carboxylic acids is 1. The van der Waals surface area contributed by atoms with Crippen LogP contribution in [0.2, 0.25) is 0 Å². The first-order valence-corrected chi connectivity index (χ1v) is 10.9. The van der Waals surface area contributed by atoms with Crippen LogP contribution >= 0.6 is 11.8 Å². The fraction of sp³-hybridized carbons (Fsp3) is 0.636. The fourth-order valence-corrected chi connectivity index (χ4v) is 5.42. The van der Waals surface area contributed by atoms with Crippen LogP contribution in [0.5, 0.6) is 0 Å². The lowest BCUT2D eigenvalue weighted by atomic mass is 9.64. The van der Waals surface area contributed by atoms with Crippen molar-refractivity contribution in [3.63, 3.8) is 0 Å². The van der Waals surface area contributed by atoms with E-state index >= 15 is 0 Å². The van der Waals surface area contributed by atoms with E-state index in [-0.39, 0.29) is 30.4 Å². The minimum Gasteiger partial charge on any atom is -0.394 e. The highest BCUT2D eigenvalue weighted by Gasteiger charge is 2.42. The van der Waals surface area contributed by atoms with Crippen LogP contribution in [-0.2, 0) is 4.79 Å². The van der Waals surface area contributed by atoms with Gasteiger partial charge in [-0.3, -0.25) is 4.79 Å². The van der Waals surface area contributed by atoms with Crippen LogP contribution in [0.1, 0.15) is 47.0 Å². The molecule has 0 bridgehead atoms. The van der Waals surface area contributed by atoms with Crippen molar-refractivity contribution in [2.75, 3.05) is 24.2 Å². The number of benzene rings is 1. The molecule has 154 valence electrons. The molecule has 0 saturated heterocycles. The Kier molecular flexibility index (Phi) is 7.94. The van der Waals surface area contributed by atoms with Crippen molar-refractivity contribution in [1.82, 2.24) is 5.32 Å². The second-order valence-electron chi connectivity index (χ2n) is 9.03. The van der Waals surface area contributed by atoms with Crippen molar-refractivity contribution < 1.29 is 9.90 Å². The van der Waals surface area contributed by atoms with E-state index in [0.29, 0.717) is 11.7 Å². The number of carbonyl (C=O) groups is 1. The molecule has 5 nitrogen and oxygen atoms in total. The summed E-state index contributed by atoms with van der Waals surface area (Å²) >= 11 is 1.57. The minimum atomic E-state index is -0.408. The Morgan fingerprint density at radius 2 is 2.11 bits per heavy atom. The van der Waals surface area contributed by atoms with Gasteiger partial charge in [-0.15, -0.1) is 11.8 Å². The fourth-order valence-electron chi connectivity index (χ4n) is 4.46. The minimum absolute atomic E-state index is 0.0343. The number of hydrogen-bond donors (Lipinski definition) is 3. The summed E-state index contributed by atoms with van der Waals surface area (Å²) in [6.45, 7) is 8.75. The first-order valence-electron chi connectivity index (χ1n) is 9.96. The molecule has 1 saturated carbocycles. The predicted octanol–water partition coefficient (Wildman–Crippen LogP) is 4.04. The van der Waals surface area contributed by atoms with E-state index in [2.05, 4.69) is 37.5 Å². The van der Waals surface area contributed by atoms with Gasteiger partial charge in [0.25, 0.3) is 0 Å². The number of thioether (sulfide) groups is 1. The second-order valence-corrected chi connectivity index (χ2v) is 10.1. The van der Waals surface area contributed by atoms with Crippen molar-refractivity contribution in [2.45, 2.75) is 57.4 Å².